The Morgan fingerprint density at radius 3 is 2.67 bits per heavy atom. The van der Waals surface area contributed by atoms with Crippen molar-refractivity contribution in [3.8, 4) is 6.07 Å². The number of rotatable bonds is 3. The summed E-state index contributed by atoms with van der Waals surface area (Å²) in [5.41, 5.74) is -1.77. The van der Waals surface area contributed by atoms with Gasteiger partial charge in [-0.3, -0.25) is 4.79 Å². The van der Waals surface area contributed by atoms with Crippen LogP contribution in [-0.4, -0.2) is 16.2 Å². The number of aliphatic hydroxyl groups excluding tert-OH is 1. The van der Waals surface area contributed by atoms with E-state index in [4.69, 9.17) is 9.78 Å². The van der Waals surface area contributed by atoms with E-state index in [0.29, 0.717) is 6.07 Å². The SMILES string of the molecule is Cc1oncc1/C(O)=C(\C#N)C(=O)Nc1cccc(C(F)(F)F)c1. The third-order valence-corrected chi connectivity index (χ3v) is 3.03. The van der Waals surface area contributed by atoms with E-state index < -0.39 is 29.0 Å². The Balaban J connectivity index is 2.32. The van der Waals surface area contributed by atoms with E-state index in [2.05, 4.69) is 10.5 Å². The maximum atomic E-state index is 12.7. The number of aromatic nitrogens is 1. The van der Waals surface area contributed by atoms with Crippen LogP contribution < -0.4 is 5.32 Å². The largest absolute Gasteiger partial charge is 0.506 e. The molecule has 2 N–H and O–H groups in total. The summed E-state index contributed by atoms with van der Waals surface area (Å²) in [6.07, 6.45) is -3.46. The number of nitrogens with zero attached hydrogens (tertiary/aromatic N) is 2. The first kappa shape index (κ1) is 17.1. The van der Waals surface area contributed by atoms with Crippen molar-refractivity contribution in [2.24, 2.45) is 0 Å². The molecule has 1 aromatic carbocycles. The first-order chi connectivity index (χ1) is 11.2. The van der Waals surface area contributed by atoms with Crippen molar-refractivity contribution in [3.05, 3.63) is 52.9 Å². The summed E-state index contributed by atoms with van der Waals surface area (Å²) in [5.74, 6) is -1.57. The van der Waals surface area contributed by atoms with Gasteiger partial charge >= 0.3 is 6.18 Å². The smallest absolute Gasteiger partial charge is 0.416 e. The summed E-state index contributed by atoms with van der Waals surface area (Å²) >= 11 is 0. The second kappa shape index (κ2) is 6.45. The first-order valence-electron chi connectivity index (χ1n) is 6.47. The van der Waals surface area contributed by atoms with Gasteiger partial charge in [0.15, 0.2) is 11.3 Å². The Kier molecular flexibility index (Phi) is 4.59. The van der Waals surface area contributed by atoms with E-state index in [1.807, 2.05) is 0 Å². The zero-order chi connectivity index (χ0) is 17.9. The minimum absolute atomic E-state index is 0.0331. The fourth-order valence-electron chi connectivity index (χ4n) is 1.84. The average molecular weight is 337 g/mol. The van der Waals surface area contributed by atoms with Crippen LogP contribution in [0.4, 0.5) is 18.9 Å². The van der Waals surface area contributed by atoms with Gasteiger partial charge in [0.05, 0.1) is 17.3 Å². The third-order valence-electron chi connectivity index (χ3n) is 3.03. The van der Waals surface area contributed by atoms with E-state index in [1.165, 1.54) is 19.1 Å². The molecule has 6 nitrogen and oxygen atoms in total. The van der Waals surface area contributed by atoms with Gasteiger partial charge in [0.1, 0.15) is 11.8 Å². The molecule has 2 aromatic rings. The van der Waals surface area contributed by atoms with Gasteiger partial charge in [-0.05, 0) is 25.1 Å². The number of carbonyl (C=O) groups excluding carboxylic acids is 1. The molecule has 0 spiro atoms. The maximum absolute atomic E-state index is 12.7. The third kappa shape index (κ3) is 3.55. The van der Waals surface area contributed by atoms with Crippen molar-refractivity contribution in [3.63, 3.8) is 0 Å². The summed E-state index contributed by atoms with van der Waals surface area (Å²) in [4.78, 5) is 12.1. The molecule has 1 amide bonds. The second-order valence-electron chi connectivity index (χ2n) is 4.66. The number of hydrogen-bond acceptors (Lipinski definition) is 5. The number of hydrogen-bond donors (Lipinski definition) is 2. The van der Waals surface area contributed by atoms with Crippen molar-refractivity contribution in [1.82, 2.24) is 5.16 Å². The number of benzene rings is 1. The van der Waals surface area contributed by atoms with Gasteiger partial charge in [0.25, 0.3) is 5.91 Å². The molecule has 24 heavy (non-hydrogen) atoms. The molecule has 9 heteroatoms. The van der Waals surface area contributed by atoms with Crippen LogP contribution in [0.5, 0.6) is 0 Å². The normalized spacial score (nSPS) is 12.3. The first-order valence-corrected chi connectivity index (χ1v) is 6.47. The second-order valence-corrected chi connectivity index (χ2v) is 4.66. The molecule has 0 fully saturated rings. The van der Waals surface area contributed by atoms with Crippen LogP contribution in [0.1, 0.15) is 16.9 Å². The minimum Gasteiger partial charge on any atom is -0.506 e. The molecular formula is C15H10F3N3O3. The van der Waals surface area contributed by atoms with Crippen molar-refractivity contribution >= 4 is 17.4 Å². The van der Waals surface area contributed by atoms with Gasteiger partial charge in [0, 0.05) is 5.69 Å². The van der Waals surface area contributed by atoms with Crippen LogP contribution in [0, 0.1) is 18.3 Å². The monoisotopic (exact) mass is 337 g/mol. The Hall–Kier alpha value is -3.28. The van der Waals surface area contributed by atoms with Crippen molar-refractivity contribution < 1.29 is 27.6 Å². The molecule has 0 saturated carbocycles. The van der Waals surface area contributed by atoms with Gasteiger partial charge in [-0.15, -0.1) is 0 Å². The lowest BCUT2D eigenvalue weighted by Crippen LogP contribution is -2.16. The lowest BCUT2D eigenvalue weighted by molar-refractivity contribution is -0.137. The quantitative estimate of drug-likeness (QED) is 0.508. The fourth-order valence-corrected chi connectivity index (χ4v) is 1.84. The predicted octanol–water partition coefficient (Wildman–Crippen LogP) is 3.43. The number of amides is 1. The minimum atomic E-state index is -4.57. The standard InChI is InChI=1S/C15H10F3N3O3/c1-8-12(7-20-24-8)13(22)11(6-19)14(23)21-10-4-2-3-9(5-10)15(16,17)18/h2-5,7,22H,1H3,(H,21,23)/b13-11-. The highest BCUT2D eigenvalue weighted by atomic mass is 19.4. The molecule has 0 unspecified atom stereocenters. The fraction of sp³-hybridized carbons (Fsp3) is 0.133. The van der Waals surface area contributed by atoms with Gasteiger partial charge in [-0.25, -0.2) is 0 Å². The number of aryl methyl sites for hydroxylation is 1. The number of alkyl halides is 3. The molecule has 0 atom stereocenters. The summed E-state index contributed by atoms with van der Waals surface area (Å²) < 4.78 is 42.7. The number of nitriles is 1. The van der Waals surface area contributed by atoms with Gasteiger partial charge in [-0.1, -0.05) is 11.2 Å². The van der Waals surface area contributed by atoms with E-state index >= 15 is 0 Å². The van der Waals surface area contributed by atoms with Crippen LogP contribution in [0.25, 0.3) is 5.76 Å². The number of halogens is 3. The lowest BCUT2D eigenvalue weighted by Gasteiger charge is -2.10. The number of anilines is 1. The molecule has 0 radical (unpaired) electrons. The zero-order valence-corrected chi connectivity index (χ0v) is 12.2. The topological polar surface area (TPSA) is 99.2 Å². The van der Waals surface area contributed by atoms with E-state index in [0.717, 1.165) is 18.3 Å². The van der Waals surface area contributed by atoms with Crippen molar-refractivity contribution in [2.75, 3.05) is 5.32 Å². The molecule has 0 bridgehead atoms. The number of nitrogens with one attached hydrogen (secondary N) is 1. The Morgan fingerprint density at radius 2 is 2.12 bits per heavy atom. The molecule has 0 aliphatic rings. The Labute approximate surface area is 133 Å². The zero-order valence-electron chi connectivity index (χ0n) is 12.2. The van der Waals surface area contributed by atoms with Gasteiger partial charge in [0.2, 0.25) is 0 Å². The van der Waals surface area contributed by atoms with Crippen LogP contribution >= 0.6 is 0 Å². The molecule has 0 aliphatic heterocycles. The van der Waals surface area contributed by atoms with Crippen molar-refractivity contribution in [1.29, 1.82) is 5.26 Å². The Morgan fingerprint density at radius 1 is 1.42 bits per heavy atom. The molecular weight excluding hydrogens is 327 g/mol. The van der Waals surface area contributed by atoms with Crippen LogP contribution in [0.3, 0.4) is 0 Å². The maximum Gasteiger partial charge on any atom is 0.416 e. The van der Waals surface area contributed by atoms with Crippen LogP contribution in [-0.2, 0) is 11.0 Å². The highest BCUT2D eigenvalue weighted by Crippen LogP contribution is 2.30. The van der Waals surface area contributed by atoms with Crippen LogP contribution in [0.15, 0.2) is 40.6 Å². The van der Waals surface area contributed by atoms with Crippen molar-refractivity contribution in [2.45, 2.75) is 13.1 Å². The molecule has 1 aromatic heterocycles. The molecule has 0 saturated heterocycles. The van der Waals surface area contributed by atoms with E-state index in [1.54, 1.807) is 0 Å². The number of aliphatic hydroxyl groups is 1. The highest BCUT2D eigenvalue weighted by Gasteiger charge is 2.30. The molecule has 2 rings (SSSR count). The summed E-state index contributed by atoms with van der Waals surface area (Å²) in [7, 11) is 0. The van der Waals surface area contributed by atoms with Gasteiger partial charge in [-0.2, -0.15) is 18.4 Å². The average Bonchev–Trinajstić information content (AvgIpc) is 2.93. The molecule has 0 aliphatic carbocycles. The summed E-state index contributed by atoms with van der Waals surface area (Å²) in [6.45, 7) is 1.46. The molecule has 1 heterocycles. The lowest BCUT2D eigenvalue weighted by atomic mass is 10.1. The highest BCUT2D eigenvalue weighted by molar-refractivity contribution is 6.11. The molecule has 124 valence electrons. The van der Waals surface area contributed by atoms with Gasteiger partial charge < -0.3 is 14.9 Å². The van der Waals surface area contributed by atoms with E-state index in [9.17, 15) is 23.1 Å². The van der Waals surface area contributed by atoms with Crippen LogP contribution in [0.2, 0.25) is 0 Å². The summed E-state index contributed by atoms with van der Waals surface area (Å²) in [6, 6.07) is 5.40. The summed E-state index contributed by atoms with van der Waals surface area (Å²) in [5, 5.41) is 24.6. The Bertz CT molecular complexity index is 847. The number of carbonyl (C=O) groups is 1. The van der Waals surface area contributed by atoms with E-state index in [-0.39, 0.29) is 17.0 Å². The predicted molar refractivity (Wildman–Crippen MR) is 76.5 cm³/mol.